The summed E-state index contributed by atoms with van der Waals surface area (Å²) in [5.41, 5.74) is 5.53. The third-order valence-electron chi connectivity index (χ3n) is 4.57. The molecule has 0 fully saturated rings. The minimum Gasteiger partial charge on any atom is -0.493 e. The number of carbonyl (C=O) groups excluding carboxylic acids is 1. The standard InChI is InChI=1S/C25H24BrClN2O3S/c1-17-3-9-21(10-4-17)33-12-11-24(30)29-28-15-19-13-22(26)25(23(14-19)31-2)32-16-18-5-7-20(27)8-6-18/h3-10,13-15H,11-12,16H2,1-2H3,(H,29,30)/b28-15-. The minimum absolute atomic E-state index is 0.139. The number of carbonyl (C=O) groups is 1. The van der Waals surface area contributed by atoms with Crippen LogP contribution in [0.15, 0.2) is 75.1 Å². The maximum Gasteiger partial charge on any atom is 0.240 e. The fourth-order valence-electron chi connectivity index (χ4n) is 2.82. The highest BCUT2D eigenvalue weighted by Crippen LogP contribution is 2.37. The van der Waals surface area contributed by atoms with Crippen LogP contribution in [0, 0.1) is 6.92 Å². The van der Waals surface area contributed by atoms with E-state index in [0.717, 1.165) is 20.5 Å². The first-order valence-electron chi connectivity index (χ1n) is 10.2. The van der Waals surface area contributed by atoms with Gasteiger partial charge in [0.2, 0.25) is 5.91 Å². The number of amides is 1. The topological polar surface area (TPSA) is 59.9 Å². The van der Waals surface area contributed by atoms with Crippen molar-refractivity contribution in [3.05, 3.63) is 86.8 Å². The molecule has 8 heteroatoms. The number of halogens is 2. The van der Waals surface area contributed by atoms with E-state index in [1.165, 1.54) is 5.56 Å². The Hall–Kier alpha value is -2.48. The molecule has 0 saturated heterocycles. The molecule has 0 bridgehead atoms. The average molecular weight is 548 g/mol. The fourth-order valence-corrected chi connectivity index (χ4v) is 4.37. The van der Waals surface area contributed by atoms with Gasteiger partial charge >= 0.3 is 0 Å². The number of nitrogens with zero attached hydrogens (tertiary/aromatic N) is 1. The Kier molecular flexibility index (Phi) is 9.66. The number of benzene rings is 3. The Bertz CT molecular complexity index is 1110. The summed E-state index contributed by atoms with van der Waals surface area (Å²) in [7, 11) is 1.57. The van der Waals surface area contributed by atoms with Gasteiger partial charge in [-0.25, -0.2) is 5.43 Å². The second kappa shape index (κ2) is 12.7. The molecular formula is C25H24BrClN2O3S. The van der Waals surface area contributed by atoms with Crippen molar-refractivity contribution in [2.24, 2.45) is 5.10 Å². The van der Waals surface area contributed by atoms with Gasteiger partial charge in [0.15, 0.2) is 11.5 Å². The van der Waals surface area contributed by atoms with E-state index < -0.39 is 0 Å². The predicted molar refractivity (Wildman–Crippen MR) is 139 cm³/mol. The molecule has 0 radical (unpaired) electrons. The van der Waals surface area contributed by atoms with Crippen molar-refractivity contribution in [2.75, 3.05) is 12.9 Å². The number of aryl methyl sites for hydroxylation is 1. The van der Waals surface area contributed by atoms with Crippen molar-refractivity contribution >= 4 is 51.4 Å². The van der Waals surface area contributed by atoms with Gasteiger partial charge < -0.3 is 9.47 Å². The molecule has 3 aromatic carbocycles. The molecule has 0 heterocycles. The molecule has 3 aromatic rings. The van der Waals surface area contributed by atoms with Crippen LogP contribution in [0.1, 0.15) is 23.1 Å². The van der Waals surface area contributed by atoms with Gasteiger partial charge in [0, 0.05) is 22.1 Å². The summed E-state index contributed by atoms with van der Waals surface area (Å²) >= 11 is 11.1. The van der Waals surface area contributed by atoms with Crippen molar-refractivity contribution in [3.63, 3.8) is 0 Å². The first-order chi connectivity index (χ1) is 15.9. The zero-order chi connectivity index (χ0) is 23.6. The summed E-state index contributed by atoms with van der Waals surface area (Å²) in [4.78, 5) is 13.2. The average Bonchev–Trinajstić information content (AvgIpc) is 2.80. The largest absolute Gasteiger partial charge is 0.493 e. The summed E-state index contributed by atoms with van der Waals surface area (Å²) in [6.07, 6.45) is 1.95. The molecule has 0 atom stereocenters. The molecule has 172 valence electrons. The number of hydrogen-bond donors (Lipinski definition) is 1. The smallest absolute Gasteiger partial charge is 0.240 e. The molecule has 1 N–H and O–H groups in total. The summed E-state index contributed by atoms with van der Waals surface area (Å²) in [5.74, 6) is 1.69. The van der Waals surface area contributed by atoms with Crippen molar-refractivity contribution in [1.29, 1.82) is 0 Å². The molecule has 0 saturated carbocycles. The molecule has 0 spiro atoms. The number of hydrogen-bond acceptors (Lipinski definition) is 5. The van der Waals surface area contributed by atoms with Gasteiger partial charge in [-0.05, 0) is 70.4 Å². The molecule has 0 aliphatic heterocycles. The van der Waals surface area contributed by atoms with E-state index in [2.05, 4.69) is 57.6 Å². The van der Waals surface area contributed by atoms with Crippen LogP contribution in [0.4, 0.5) is 0 Å². The van der Waals surface area contributed by atoms with E-state index >= 15 is 0 Å². The van der Waals surface area contributed by atoms with Crippen LogP contribution in [-0.2, 0) is 11.4 Å². The summed E-state index contributed by atoms with van der Waals surface area (Å²) < 4.78 is 12.1. The molecular weight excluding hydrogens is 524 g/mol. The van der Waals surface area contributed by atoms with E-state index in [1.807, 2.05) is 30.3 Å². The highest BCUT2D eigenvalue weighted by molar-refractivity contribution is 9.10. The Morgan fingerprint density at radius 2 is 1.88 bits per heavy atom. The lowest BCUT2D eigenvalue weighted by Gasteiger charge is -2.13. The monoisotopic (exact) mass is 546 g/mol. The highest BCUT2D eigenvalue weighted by Gasteiger charge is 2.12. The number of ether oxygens (including phenoxy) is 2. The third kappa shape index (κ3) is 8.11. The van der Waals surface area contributed by atoms with Crippen molar-refractivity contribution in [2.45, 2.75) is 24.8 Å². The normalized spacial score (nSPS) is 10.9. The second-order valence-electron chi connectivity index (χ2n) is 7.15. The Labute approximate surface area is 211 Å². The van der Waals surface area contributed by atoms with Gasteiger partial charge in [0.25, 0.3) is 0 Å². The maximum absolute atomic E-state index is 12.1. The first kappa shape index (κ1) is 25.1. The Morgan fingerprint density at radius 1 is 1.15 bits per heavy atom. The maximum atomic E-state index is 12.1. The lowest BCUT2D eigenvalue weighted by atomic mass is 10.2. The molecule has 0 aliphatic rings. The van der Waals surface area contributed by atoms with Crippen molar-refractivity contribution in [3.8, 4) is 11.5 Å². The number of hydrazone groups is 1. The van der Waals surface area contributed by atoms with Crippen LogP contribution in [0.5, 0.6) is 11.5 Å². The van der Waals surface area contributed by atoms with Crippen LogP contribution in [-0.4, -0.2) is 25.0 Å². The van der Waals surface area contributed by atoms with Gasteiger partial charge in [-0.3, -0.25) is 4.79 Å². The van der Waals surface area contributed by atoms with Gasteiger partial charge in [-0.2, -0.15) is 5.10 Å². The van der Waals surface area contributed by atoms with Crippen LogP contribution >= 0.6 is 39.3 Å². The van der Waals surface area contributed by atoms with Gasteiger partial charge in [-0.15, -0.1) is 11.8 Å². The Morgan fingerprint density at radius 3 is 2.58 bits per heavy atom. The third-order valence-corrected chi connectivity index (χ3v) is 6.42. The second-order valence-corrected chi connectivity index (χ2v) is 9.61. The quantitative estimate of drug-likeness (QED) is 0.176. The van der Waals surface area contributed by atoms with Gasteiger partial charge in [0.05, 0.1) is 17.8 Å². The summed E-state index contributed by atoms with van der Waals surface area (Å²) in [6, 6.07) is 19.3. The molecule has 5 nitrogen and oxygen atoms in total. The lowest BCUT2D eigenvalue weighted by molar-refractivity contribution is -0.120. The number of nitrogens with one attached hydrogen (secondary N) is 1. The first-order valence-corrected chi connectivity index (χ1v) is 12.4. The van der Waals surface area contributed by atoms with E-state index in [1.54, 1.807) is 31.2 Å². The molecule has 0 aliphatic carbocycles. The van der Waals surface area contributed by atoms with Crippen LogP contribution in [0.2, 0.25) is 5.02 Å². The minimum atomic E-state index is -0.139. The van der Waals surface area contributed by atoms with Crippen LogP contribution in [0.3, 0.4) is 0 Å². The van der Waals surface area contributed by atoms with E-state index in [-0.39, 0.29) is 5.91 Å². The number of rotatable bonds is 10. The summed E-state index contributed by atoms with van der Waals surface area (Å²) in [6.45, 7) is 2.42. The molecule has 3 rings (SSSR count). The van der Waals surface area contributed by atoms with E-state index in [0.29, 0.717) is 35.3 Å². The van der Waals surface area contributed by atoms with Gasteiger partial charge in [0.1, 0.15) is 6.61 Å². The molecule has 1 amide bonds. The SMILES string of the molecule is COc1cc(/C=N\NC(=O)CCSc2ccc(C)cc2)cc(Br)c1OCc1ccc(Cl)cc1. The van der Waals surface area contributed by atoms with Crippen LogP contribution in [0.25, 0.3) is 0 Å². The van der Waals surface area contributed by atoms with Crippen LogP contribution < -0.4 is 14.9 Å². The number of thioether (sulfide) groups is 1. The van der Waals surface area contributed by atoms with E-state index in [9.17, 15) is 4.79 Å². The zero-order valence-electron chi connectivity index (χ0n) is 18.3. The predicted octanol–water partition coefficient (Wildman–Crippen LogP) is 6.63. The van der Waals surface area contributed by atoms with Crippen molar-refractivity contribution in [1.82, 2.24) is 5.43 Å². The molecule has 0 unspecified atom stereocenters. The van der Waals surface area contributed by atoms with Gasteiger partial charge in [-0.1, -0.05) is 41.4 Å². The fraction of sp³-hybridized carbons (Fsp3) is 0.200. The lowest BCUT2D eigenvalue weighted by Crippen LogP contribution is -2.17. The van der Waals surface area contributed by atoms with Crippen molar-refractivity contribution < 1.29 is 14.3 Å². The molecule has 33 heavy (non-hydrogen) atoms. The zero-order valence-corrected chi connectivity index (χ0v) is 21.5. The molecule has 0 aromatic heterocycles. The Balaban J connectivity index is 1.52. The van der Waals surface area contributed by atoms with E-state index in [4.69, 9.17) is 21.1 Å². The highest BCUT2D eigenvalue weighted by atomic mass is 79.9. The number of methoxy groups -OCH3 is 1. The summed E-state index contributed by atoms with van der Waals surface area (Å²) in [5, 5.41) is 4.74.